The number of nitrogens with two attached hydrogens (primary N) is 1. The number of hydrogen-bond donors (Lipinski definition) is 1. The van der Waals surface area contributed by atoms with Gasteiger partial charge >= 0.3 is 0 Å². The van der Waals surface area contributed by atoms with Crippen LogP contribution in [0.25, 0.3) is 0 Å². The van der Waals surface area contributed by atoms with E-state index in [1.54, 1.807) is 0 Å². The predicted molar refractivity (Wildman–Crippen MR) is 68.5 cm³/mol. The van der Waals surface area contributed by atoms with Crippen LogP contribution < -0.4 is 5.73 Å². The van der Waals surface area contributed by atoms with Crippen LogP contribution in [0, 0.1) is 5.41 Å². The molecule has 1 fully saturated rings. The van der Waals surface area contributed by atoms with E-state index >= 15 is 0 Å². The first kappa shape index (κ1) is 13.9. The molecule has 1 rings (SSSR count). The van der Waals surface area contributed by atoms with Gasteiger partial charge in [-0.2, -0.15) is 0 Å². The molecule has 1 saturated heterocycles. The molecular formula is C13H28N2O. The number of ether oxygens (including phenoxy) is 1. The third kappa shape index (κ3) is 3.19. The molecule has 2 N–H and O–H groups in total. The molecule has 1 aliphatic rings. The standard InChI is InChI=1S/C13H28N2O/c1-10-8-16-11(2)7-15(10)9-12(3,4)13(5,6)14/h10-11H,7-9,14H2,1-6H3. The summed E-state index contributed by atoms with van der Waals surface area (Å²) in [6.07, 6.45) is 0.341. The summed E-state index contributed by atoms with van der Waals surface area (Å²) in [4.78, 5) is 2.50. The molecule has 0 saturated carbocycles. The van der Waals surface area contributed by atoms with Gasteiger partial charge in [-0.3, -0.25) is 4.90 Å². The zero-order valence-corrected chi connectivity index (χ0v) is 11.7. The van der Waals surface area contributed by atoms with Crippen LogP contribution in [-0.2, 0) is 4.74 Å². The first-order valence-corrected chi connectivity index (χ1v) is 6.28. The molecule has 16 heavy (non-hydrogen) atoms. The largest absolute Gasteiger partial charge is 0.376 e. The molecule has 0 aromatic heterocycles. The Morgan fingerprint density at radius 1 is 1.25 bits per heavy atom. The van der Waals surface area contributed by atoms with E-state index in [-0.39, 0.29) is 11.0 Å². The van der Waals surface area contributed by atoms with Crippen molar-refractivity contribution in [3.63, 3.8) is 0 Å². The Hall–Kier alpha value is -0.120. The van der Waals surface area contributed by atoms with Crippen molar-refractivity contribution in [3.8, 4) is 0 Å². The lowest BCUT2D eigenvalue weighted by Crippen LogP contribution is -2.57. The lowest BCUT2D eigenvalue weighted by molar-refractivity contribution is -0.0657. The van der Waals surface area contributed by atoms with Gasteiger partial charge in [-0.1, -0.05) is 13.8 Å². The first-order chi connectivity index (χ1) is 7.13. The minimum Gasteiger partial charge on any atom is -0.376 e. The van der Waals surface area contributed by atoms with Crippen molar-refractivity contribution < 1.29 is 4.74 Å². The fourth-order valence-corrected chi connectivity index (χ4v) is 1.90. The van der Waals surface area contributed by atoms with Gasteiger partial charge in [0.05, 0.1) is 12.7 Å². The summed E-state index contributed by atoms with van der Waals surface area (Å²) in [6.45, 7) is 16.0. The first-order valence-electron chi connectivity index (χ1n) is 6.28. The zero-order chi connectivity index (χ0) is 12.6. The maximum atomic E-state index is 6.25. The van der Waals surface area contributed by atoms with Crippen molar-refractivity contribution in [2.45, 2.75) is 59.2 Å². The molecule has 96 valence electrons. The van der Waals surface area contributed by atoms with Crippen LogP contribution in [0.3, 0.4) is 0 Å². The van der Waals surface area contributed by atoms with Crippen molar-refractivity contribution in [2.24, 2.45) is 11.1 Å². The summed E-state index contributed by atoms with van der Waals surface area (Å²) < 4.78 is 5.65. The van der Waals surface area contributed by atoms with Gasteiger partial charge in [0.1, 0.15) is 0 Å². The maximum absolute atomic E-state index is 6.25. The normalized spacial score (nSPS) is 29.4. The average Bonchev–Trinajstić information content (AvgIpc) is 2.09. The highest BCUT2D eigenvalue weighted by molar-refractivity contribution is 4.93. The van der Waals surface area contributed by atoms with E-state index in [1.807, 2.05) is 0 Å². The van der Waals surface area contributed by atoms with Gasteiger partial charge in [0.15, 0.2) is 0 Å². The second-order valence-corrected chi connectivity index (χ2v) is 6.53. The SMILES string of the molecule is CC1CN(CC(C)(C)C(C)(C)N)C(C)CO1. The summed E-state index contributed by atoms with van der Waals surface area (Å²) in [5.74, 6) is 0. The Morgan fingerprint density at radius 3 is 2.31 bits per heavy atom. The fourth-order valence-electron chi connectivity index (χ4n) is 1.90. The van der Waals surface area contributed by atoms with Gasteiger partial charge in [-0.05, 0) is 33.1 Å². The van der Waals surface area contributed by atoms with E-state index in [2.05, 4.69) is 46.4 Å². The lowest BCUT2D eigenvalue weighted by Gasteiger charge is -2.46. The van der Waals surface area contributed by atoms with E-state index < -0.39 is 0 Å². The summed E-state index contributed by atoms with van der Waals surface area (Å²) >= 11 is 0. The number of nitrogens with zero attached hydrogens (tertiary/aromatic N) is 1. The van der Waals surface area contributed by atoms with Crippen LogP contribution in [0.2, 0.25) is 0 Å². The summed E-state index contributed by atoms with van der Waals surface area (Å²) in [7, 11) is 0. The highest BCUT2D eigenvalue weighted by Gasteiger charge is 2.37. The maximum Gasteiger partial charge on any atom is 0.0674 e. The van der Waals surface area contributed by atoms with E-state index in [0.29, 0.717) is 12.1 Å². The molecule has 2 atom stereocenters. The van der Waals surface area contributed by atoms with E-state index in [9.17, 15) is 0 Å². The molecule has 0 amide bonds. The highest BCUT2D eigenvalue weighted by atomic mass is 16.5. The average molecular weight is 228 g/mol. The van der Waals surface area contributed by atoms with Crippen molar-refractivity contribution >= 4 is 0 Å². The summed E-state index contributed by atoms with van der Waals surface area (Å²) in [5.41, 5.74) is 6.20. The smallest absolute Gasteiger partial charge is 0.0674 e. The second-order valence-electron chi connectivity index (χ2n) is 6.53. The van der Waals surface area contributed by atoms with Crippen molar-refractivity contribution in [1.29, 1.82) is 0 Å². The number of morpholine rings is 1. The van der Waals surface area contributed by atoms with E-state index in [0.717, 1.165) is 19.7 Å². The molecule has 2 unspecified atom stereocenters. The van der Waals surface area contributed by atoms with Crippen LogP contribution in [0.15, 0.2) is 0 Å². The number of hydrogen-bond acceptors (Lipinski definition) is 3. The minimum absolute atomic E-state index is 0.109. The minimum atomic E-state index is -0.158. The van der Waals surface area contributed by atoms with Gasteiger partial charge in [-0.25, -0.2) is 0 Å². The van der Waals surface area contributed by atoms with Crippen LogP contribution in [0.5, 0.6) is 0 Å². The van der Waals surface area contributed by atoms with Gasteiger partial charge < -0.3 is 10.5 Å². The summed E-state index contributed by atoms with van der Waals surface area (Å²) in [6, 6.07) is 0.498. The zero-order valence-electron chi connectivity index (χ0n) is 11.7. The highest BCUT2D eigenvalue weighted by Crippen LogP contribution is 2.30. The molecule has 0 bridgehead atoms. The quantitative estimate of drug-likeness (QED) is 0.801. The predicted octanol–water partition coefficient (Wildman–Crippen LogP) is 1.86. The van der Waals surface area contributed by atoms with Crippen molar-refractivity contribution in [3.05, 3.63) is 0 Å². The molecule has 0 aliphatic carbocycles. The van der Waals surface area contributed by atoms with Crippen LogP contribution in [0.1, 0.15) is 41.5 Å². The van der Waals surface area contributed by atoms with E-state index in [1.165, 1.54) is 0 Å². The van der Waals surface area contributed by atoms with Crippen molar-refractivity contribution in [1.82, 2.24) is 4.90 Å². The Kier molecular flexibility index (Phi) is 4.04. The second kappa shape index (κ2) is 4.63. The third-order valence-corrected chi connectivity index (χ3v) is 4.08. The molecule has 0 radical (unpaired) electrons. The topological polar surface area (TPSA) is 38.5 Å². The molecule has 1 heterocycles. The molecule has 0 spiro atoms. The van der Waals surface area contributed by atoms with Gasteiger partial charge in [-0.15, -0.1) is 0 Å². The lowest BCUT2D eigenvalue weighted by atomic mass is 9.74. The molecule has 3 nitrogen and oxygen atoms in total. The Balaban J connectivity index is 2.65. The van der Waals surface area contributed by atoms with Crippen LogP contribution >= 0.6 is 0 Å². The summed E-state index contributed by atoms with van der Waals surface area (Å²) in [5, 5.41) is 0. The van der Waals surface area contributed by atoms with Gasteiger partial charge in [0, 0.05) is 24.7 Å². The van der Waals surface area contributed by atoms with E-state index in [4.69, 9.17) is 10.5 Å². The van der Waals surface area contributed by atoms with Crippen LogP contribution in [-0.4, -0.2) is 42.3 Å². The molecule has 1 aliphatic heterocycles. The van der Waals surface area contributed by atoms with Crippen LogP contribution in [0.4, 0.5) is 0 Å². The molecule has 0 aromatic rings. The Bertz CT molecular complexity index is 233. The third-order valence-electron chi connectivity index (χ3n) is 4.08. The number of rotatable bonds is 3. The molecular weight excluding hydrogens is 200 g/mol. The van der Waals surface area contributed by atoms with Gasteiger partial charge in [0.25, 0.3) is 0 Å². The molecule has 3 heteroatoms. The molecule has 0 aromatic carbocycles. The Labute approximate surface area is 100 Å². The van der Waals surface area contributed by atoms with Gasteiger partial charge in [0.2, 0.25) is 0 Å². The monoisotopic (exact) mass is 228 g/mol. The van der Waals surface area contributed by atoms with Crippen molar-refractivity contribution in [2.75, 3.05) is 19.7 Å². The fraction of sp³-hybridized carbons (Fsp3) is 1.00. The Morgan fingerprint density at radius 2 is 1.81 bits per heavy atom.